The van der Waals surface area contributed by atoms with Crippen LogP contribution < -0.4 is 5.32 Å². The van der Waals surface area contributed by atoms with E-state index >= 15 is 0 Å². The molecule has 0 saturated carbocycles. The number of nitrogens with one attached hydrogen (secondary N) is 1. The molecule has 0 aromatic carbocycles. The quantitative estimate of drug-likeness (QED) is 0.828. The first-order chi connectivity index (χ1) is 6.98. The Morgan fingerprint density at radius 1 is 1.47 bits per heavy atom. The van der Waals surface area contributed by atoms with Gasteiger partial charge in [-0.2, -0.15) is 0 Å². The topological polar surface area (TPSA) is 62.3 Å². The molecule has 0 atom stereocenters. The Kier molecular flexibility index (Phi) is 3.65. The van der Waals surface area contributed by atoms with Crippen LogP contribution in [0.2, 0.25) is 0 Å². The predicted molar refractivity (Wildman–Crippen MR) is 59.3 cm³/mol. The molecule has 0 aliphatic carbocycles. The van der Waals surface area contributed by atoms with Crippen molar-refractivity contribution in [2.45, 2.75) is 11.8 Å². The van der Waals surface area contributed by atoms with Crippen molar-refractivity contribution in [1.29, 1.82) is 0 Å². The summed E-state index contributed by atoms with van der Waals surface area (Å²) in [6.45, 7) is 2.63. The zero-order valence-corrected chi connectivity index (χ0v) is 9.87. The third kappa shape index (κ3) is 2.66. The van der Waals surface area contributed by atoms with Gasteiger partial charge >= 0.3 is 0 Å². The van der Waals surface area contributed by atoms with E-state index in [1.165, 1.54) is 36.7 Å². The van der Waals surface area contributed by atoms with Gasteiger partial charge in [0, 0.05) is 32.9 Å². The fourth-order valence-electron chi connectivity index (χ4n) is 1.06. The molecule has 15 heavy (non-hydrogen) atoms. The molecule has 5 nitrogen and oxygen atoms in total. The van der Waals surface area contributed by atoms with E-state index in [-0.39, 0.29) is 4.90 Å². The first kappa shape index (κ1) is 11.9. The lowest BCUT2D eigenvalue weighted by molar-refractivity contribution is 0.520. The van der Waals surface area contributed by atoms with Gasteiger partial charge in [0.05, 0.1) is 4.90 Å². The maximum Gasteiger partial charge on any atom is 0.242 e. The third-order valence-electron chi connectivity index (χ3n) is 1.87. The Morgan fingerprint density at radius 2 is 2.13 bits per heavy atom. The number of rotatable bonds is 4. The Bertz CT molecular complexity index is 429. The van der Waals surface area contributed by atoms with Gasteiger partial charge in [-0.1, -0.05) is 0 Å². The Labute approximate surface area is 90.2 Å². The van der Waals surface area contributed by atoms with Crippen molar-refractivity contribution in [3.63, 3.8) is 0 Å². The van der Waals surface area contributed by atoms with Crippen molar-refractivity contribution < 1.29 is 8.42 Å². The smallest absolute Gasteiger partial charge is 0.242 e. The first-order valence-corrected chi connectivity index (χ1v) is 6.05. The largest absolute Gasteiger partial charge is 0.370 e. The summed E-state index contributed by atoms with van der Waals surface area (Å²) in [5.74, 6) is 0.570. The average Bonchev–Trinajstić information content (AvgIpc) is 2.18. The second kappa shape index (κ2) is 4.59. The number of aromatic nitrogens is 1. The van der Waals surface area contributed by atoms with Gasteiger partial charge in [-0.05, 0) is 13.0 Å². The molecule has 0 saturated heterocycles. The van der Waals surface area contributed by atoms with Crippen LogP contribution in [0.4, 0.5) is 5.82 Å². The van der Waals surface area contributed by atoms with Crippen LogP contribution >= 0.6 is 0 Å². The average molecular weight is 229 g/mol. The summed E-state index contributed by atoms with van der Waals surface area (Å²) in [6, 6.07) is 3.01. The Balaban J connectivity index is 3.11. The molecule has 1 N–H and O–H groups in total. The fourth-order valence-corrected chi connectivity index (χ4v) is 1.98. The van der Waals surface area contributed by atoms with Crippen LogP contribution in [-0.4, -0.2) is 38.3 Å². The SMILES string of the molecule is CCNc1cc(S(=O)(=O)N(C)C)ccn1. The van der Waals surface area contributed by atoms with E-state index in [9.17, 15) is 8.42 Å². The van der Waals surface area contributed by atoms with Crippen LogP contribution in [0.15, 0.2) is 23.2 Å². The minimum Gasteiger partial charge on any atom is -0.370 e. The number of pyridine rings is 1. The van der Waals surface area contributed by atoms with E-state index in [1.54, 1.807) is 0 Å². The summed E-state index contributed by atoms with van der Waals surface area (Å²) >= 11 is 0. The molecule has 1 aromatic rings. The molecule has 1 heterocycles. The highest BCUT2D eigenvalue weighted by atomic mass is 32.2. The molecule has 1 aromatic heterocycles. The first-order valence-electron chi connectivity index (χ1n) is 4.61. The molecule has 6 heteroatoms. The van der Waals surface area contributed by atoms with Gasteiger partial charge in [0.25, 0.3) is 0 Å². The maximum absolute atomic E-state index is 11.8. The fraction of sp³-hybridized carbons (Fsp3) is 0.444. The minimum absolute atomic E-state index is 0.249. The van der Waals surface area contributed by atoms with Crippen LogP contribution in [0.1, 0.15) is 6.92 Å². The monoisotopic (exact) mass is 229 g/mol. The second-order valence-corrected chi connectivity index (χ2v) is 5.35. The highest BCUT2D eigenvalue weighted by molar-refractivity contribution is 7.89. The van der Waals surface area contributed by atoms with E-state index in [4.69, 9.17) is 0 Å². The Morgan fingerprint density at radius 3 is 2.67 bits per heavy atom. The highest BCUT2D eigenvalue weighted by Crippen LogP contribution is 2.15. The number of anilines is 1. The summed E-state index contributed by atoms with van der Waals surface area (Å²) in [5, 5.41) is 2.96. The summed E-state index contributed by atoms with van der Waals surface area (Å²) in [5.41, 5.74) is 0. The lowest BCUT2D eigenvalue weighted by Gasteiger charge is -2.11. The molecule has 0 bridgehead atoms. The maximum atomic E-state index is 11.8. The van der Waals surface area contributed by atoms with Gasteiger partial charge in [0.15, 0.2) is 0 Å². The van der Waals surface area contributed by atoms with Gasteiger partial charge in [-0.25, -0.2) is 17.7 Å². The van der Waals surface area contributed by atoms with E-state index < -0.39 is 10.0 Å². The van der Waals surface area contributed by atoms with E-state index in [2.05, 4.69) is 10.3 Å². The lowest BCUT2D eigenvalue weighted by Crippen LogP contribution is -2.22. The molecule has 0 fully saturated rings. The molecule has 0 aliphatic rings. The standard InChI is InChI=1S/C9H15N3O2S/c1-4-10-9-7-8(5-6-11-9)15(13,14)12(2)3/h5-7H,4H2,1-3H3,(H,10,11). The van der Waals surface area contributed by atoms with Crippen LogP contribution in [0, 0.1) is 0 Å². The molecule has 0 unspecified atom stereocenters. The van der Waals surface area contributed by atoms with E-state index in [0.29, 0.717) is 12.4 Å². The van der Waals surface area contributed by atoms with Crippen molar-refractivity contribution in [2.75, 3.05) is 26.0 Å². The second-order valence-electron chi connectivity index (χ2n) is 3.19. The molecular formula is C9H15N3O2S. The normalized spacial score (nSPS) is 11.7. The molecule has 84 valence electrons. The van der Waals surface area contributed by atoms with Crippen molar-refractivity contribution in [1.82, 2.24) is 9.29 Å². The summed E-state index contributed by atoms with van der Waals surface area (Å²) < 4.78 is 24.7. The van der Waals surface area contributed by atoms with Gasteiger partial charge in [0.1, 0.15) is 5.82 Å². The zero-order chi connectivity index (χ0) is 11.5. The molecule has 0 amide bonds. The van der Waals surface area contributed by atoms with E-state index in [1.807, 2.05) is 6.92 Å². The molecule has 0 spiro atoms. The van der Waals surface area contributed by atoms with Gasteiger partial charge < -0.3 is 5.32 Å². The Hall–Kier alpha value is -1.14. The van der Waals surface area contributed by atoms with Crippen molar-refractivity contribution >= 4 is 15.8 Å². The number of hydrogen-bond donors (Lipinski definition) is 1. The van der Waals surface area contributed by atoms with Crippen molar-refractivity contribution in [2.24, 2.45) is 0 Å². The van der Waals surface area contributed by atoms with Crippen LogP contribution in [0.5, 0.6) is 0 Å². The molecule has 1 rings (SSSR count). The number of hydrogen-bond acceptors (Lipinski definition) is 4. The van der Waals surface area contributed by atoms with Crippen molar-refractivity contribution in [3.8, 4) is 0 Å². The molecular weight excluding hydrogens is 214 g/mol. The highest BCUT2D eigenvalue weighted by Gasteiger charge is 2.17. The van der Waals surface area contributed by atoms with E-state index in [0.717, 1.165) is 0 Å². The molecule has 0 aliphatic heterocycles. The minimum atomic E-state index is -3.36. The summed E-state index contributed by atoms with van der Waals surface area (Å²) in [7, 11) is -0.359. The van der Waals surface area contributed by atoms with Gasteiger partial charge in [0.2, 0.25) is 10.0 Å². The van der Waals surface area contributed by atoms with Crippen molar-refractivity contribution in [3.05, 3.63) is 18.3 Å². The summed E-state index contributed by atoms with van der Waals surface area (Å²) in [6.07, 6.45) is 1.48. The van der Waals surface area contributed by atoms with Crippen LogP contribution in [0.3, 0.4) is 0 Å². The van der Waals surface area contributed by atoms with Crippen LogP contribution in [-0.2, 0) is 10.0 Å². The van der Waals surface area contributed by atoms with Crippen LogP contribution in [0.25, 0.3) is 0 Å². The zero-order valence-electron chi connectivity index (χ0n) is 9.06. The summed E-state index contributed by atoms with van der Waals surface area (Å²) in [4.78, 5) is 4.26. The van der Waals surface area contributed by atoms with Gasteiger partial charge in [-0.15, -0.1) is 0 Å². The third-order valence-corrected chi connectivity index (χ3v) is 3.68. The number of sulfonamides is 1. The van der Waals surface area contributed by atoms with Gasteiger partial charge in [-0.3, -0.25) is 0 Å². The molecule has 0 radical (unpaired) electrons. The number of nitrogens with zero attached hydrogens (tertiary/aromatic N) is 2. The lowest BCUT2D eigenvalue weighted by atomic mass is 10.4. The predicted octanol–water partition coefficient (Wildman–Crippen LogP) is 0.764.